The van der Waals surface area contributed by atoms with E-state index in [1.165, 1.54) is 180 Å². The van der Waals surface area contributed by atoms with E-state index < -0.39 is 18.1 Å². The number of carbonyl (C=O) groups excluding carboxylic acids is 2. The molecule has 8 heteroatoms. The lowest BCUT2D eigenvalue weighted by Gasteiger charge is -2.31. The highest BCUT2D eigenvalue weighted by atomic mass is 16.6. The zero-order valence-corrected chi connectivity index (χ0v) is 40.4. The molecule has 1 N–H and O–H groups in total. The lowest BCUT2D eigenvalue weighted by Crippen LogP contribution is -2.50. The Balaban J connectivity index is 4.21. The highest BCUT2D eigenvalue weighted by Crippen LogP contribution is 2.16. The molecule has 0 saturated carbocycles. The average molecular weight is 851 g/mol. The molecule has 2 atom stereocenters. The van der Waals surface area contributed by atoms with Crippen LogP contribution in [0, 0.1) is 0 Å². The van der Waals surface area contributed by atoms with E-state index in [4.69, 9.17) is 14.2 Å². The van der Waals surface area contributed by atoms with Gasteiger partial charge in [0.2, 0.25) is 0 Å². The summed E-state index contributed by atoms with van der Waals surface area (Å²) in [6.45, 7) is 4.78. The molecule has 0 rings (SSSR count). The second kappa shape index (κ2) is 43.7. The Bertz CT molecular complexity index is 993. The van der Waals surface area contributed by atoms with Gasteiger partial charge in [0.25, 0.3) is 0 Å². The Labute approximate surface area is 371 Å². The van der Waals surface area contributed by atoms with Crippen molar-refractivity contribution in [3.63, 3.8) is 0 Å². The first kappa shape index (κ1) is 58.1. The fraction of sp³-hybridized carbons (Fsp3) is 0.904. The van der Waals surface area contributed by atoms with E-state index in [1.807, 2.05) is 21.1 Å². The van der Waals surface area contributed by atoms with Crippen molar-refractivity contribution >= 4 is 17.9 Å². The van der Waals surface area contributed by atoms with Crippen LogP contribution >= 0.6 is 0 Å². The highest BCUT2D eigenvalue weighted by Gasteiger charge is 2.31. The van der Waals surface area contributed by atoms with E-state index in [-0.39, 0.29) is 36.2 Å². The number of carboxylic acids is 1. The summed E-state index contributed by atoms with van der Waals surface area (Å²) in [5.74, 6) is -1.45. The van der Waals surface area contributed by atoms with Gasteiger partial charge in [-0.05, 0) is 38.5 Å². The van der Waals surface area contributed by atoms with Crippen molar-refractivity contribution in [2.75, 3.05) is 41.0 Å². The maximum absolute atomic E-state index is 12.8. The van der Waals surface area contributed by atoms with E-state index in [9.17, 15) is 19.5 Å². The fourth-order valence-corrected chi connectivity index (χ4v) is 7.91. The molecule has 0 aliphatic carbocycles. The molecular weight excluding hydrogens is 751 g/mol. The Morgan fingerprint density at radius 3 is 1.20 bits per heavy atom. The number of allylic oxidation sites excluding steroid dienone is 2. The number of nitrogens with zero attached hydrogens (tertiary/aromatic N) is 1. The quantitative estimate of drug-likeness (QED) is 0.0282. The van der Waals surface area contributed by atoms with Gasteiger partial charge in [-0.1, -0.05) is 206 Å². The zero-order chi connectivity index (χ0) is 44.2. The smallest absolute Gasteiger partial charge is 0.362 e. The van der Waals surface area contributed by atoms with Gasteiger partial charge in [0, 0.05) is 19.3 Å². The maximum atomic E-state index is 12.8. The van der Waals surface area contributed by atoms with Crippen molar-refractivity contribution in [2.24, 2.45) is 0 Å². The van der Waals surface area contributed by atoms with Gasteiger partial charge in [0.05, 0.1) is 34.4 Å². The summed E-state index contributed by atoms with van der Waals surface area (Å²) in [6.07, 6.45) is 48.3. The summed E-state index contributed by atoms with van der Waals surface area (Å²) >= 11 is 0. The molecule has 0 aromatic heterocycles. The normalized spacial score (nSPS) is 12.9. The van der Waals surface area contributed by atoms with E-state index in [1.54, 1.807) is 0 Å². The standard InChI is InChI=1S/C52H99NO7/c1-6-8-10-12-14-16-18-20-22-24-25-26-27-29-30-32-34-36-38-40-42-50(54)59-47-48(46-58-45-44-49(52(56)57)53(3,4)5)60-51(55)43-41-39-37-35-33-31-28-23-21-19-17-15-13-11-9-7-2/h25-26,48-49H,6-24,27-47H2,1-5H3/p+1/b26-25+. The first-order valence-corrected chi connectivity index (χ1v) is 25.7. The SMILES string of the molecule is CCCCCCCCCCC/C=C/CCCCCCCCCC(=O)OCC(COCCC(C(=O)O)[N+](C)(C)C)OC(=O)CCCCCCCCCCCCCCCCCC. The van der Waals surface area contributed by atoms with E-state index in [0.29, 0.717) is 19.3 Å². The molecular formula is C52H100NO7+. The summed E-state index contributed by atoms with van der Waals surface area (Å²) in [7, 11) is 5.54. The van der Waals surface area contributed by atoms with Gasteiger partial charge in [-0.25, -0.2) is 4.79 Å². The number of quaternary nitrogens is 1. The lowest BCUT2D eigenvalue weighted by atomic mass is 10.0. The monoisotopic (exact) mass is 851 g/mol. The number of aliphatic carboxylic acids is 1. The second-order valence-corrected chi connectivity index (χ2v) is 18.8. The minimum atomic E-state index is -0.871. The van der Waals surface area contributed by atoms with Crippen molar-refractivity contribution < 1.29 is 38.2 Å². The molecule has 0 aliphatic rings. The minimum absolute atomic E-state index is 0.0468. The van der Waals surface area contributed by atoms with Crippen LogP contribution in [0.25, 0.3) is 0 Å². The van der Waals surface area contributed by atoms with Gasteiger partial charge < -0.3 is 23.8 Å². The molecule has 354 valence electrons. The van der Waals surface area contributed by atoms with E-state index in [2.05, 4.69) is 26.0 Å². The topological polar surface area (TPSA) is 99.1 Å². The first-order valence-electron chi connectivity index (χ1n) is 25.7. The van der Waals surface area contributed by atoms with Crippen LogP contribution in [0.15, 0.2) is 12.2 Å². The Morgan fingerprint density at radius 2 is 0.833 bits per heavy atom. The molecule has 0 heterocycles. The molecule has 0 aromatic carbocycles. The molecule has 8 nitrogen and oxygen atoms in total. The summed E-state index contributed by atoms with van der Waals surface area (Å²) in [6, 6.07) is -0.611. The molecule has 0 aliphatic heterocycles. The number of likely N-dealkylation sites (N-methyl/N-ethyl adjacent to an activating group) is 1. The number of ether oxygens (including phenoxy) is 3. The molecule has 0 aromatic rings. The van der Waals surface area contributed by atoms with Gasteiger partial charge in [0.1, 0.15) is 6.61 Å². The third-order valence-corrected chi connectivity index (χ3v) is 11.9. The van der Waals surface area contributed by atoms with E-state index in [0.717, 1.165) is 38.5 Å². The van der Waals surface area contributed by atoms with Crippen molar-refractivity contribution in [1.29, 1.82) is 0 Å². The van der Waals surface area contributed by atoms with Crippen LogP contribution in [0.1, 0.15) is 251 Å². The van der Waals surface area contributed by atoms with Crippen LogP contribution < -0.4 is 0 Å². The summed E-state index contributed by atoms with van der Waals surface area (Å²) in [5, 5.41) is 9.65. The van der Waals surface area contributed by atoms with Crippen LogP contribution in [0.3, 0.4) is 0 Å². The first-order chi connectivity index (χ1) is 29.1. The van der Waals surface area contributed by atoms with Crippen LogP contribution in [0.4, 0.5) is 0 Å². The molecule has 0 saturated heterocycles. The molecule has 0 spiro atoms. The number of esters is 2. The zero-order valence-electron chi connectivity index (χ0n) is 40.4. The number of unbranched alkanes of at least 4 members (excludes halogenated alkanes) is 31. The molecule has 0 radical (unpaired) electrons. The lowest BCUT2D eigenvalue weighted by molar-refractivity contribution is -0.887. The Morgan fingerprint density at radius 1 is 0.483 bits per heavy atom. The van der Waals surface area contributed by atoms with Gasteiger partial charge in [-0.3, -0.25) is 9.59 Å². The number of hydrogen-bond acceptors (Lipinski definition) is 6. The van der Waals surface area contributed by atoms with Gasteiger partial charge >= 0.3 is 17.9 Å². The molecule has 0 fully saturated rings. The van der Waals surface area contributed by atoms with Crippen LogP contribution in [0.2, 0.25) is 0 Å². The summed E-state index contributed by atoms with van der Waals surface area (Å²) in [5.41, 5.74) is 0. The molecule has 0 bridgehead atoms. The predicted octanol–water partition coefficient (Wildman–Crippen LogP) is 14.6. The third kappa shape index (κ3) is 41.4. The van der Waals surface area contributed by atoms with Gasteiger partial charge in [0.15, 0.2) is 12.1 Å². The van der Waals surface area contributed by atoms with Gasteiger partial charge in [-0.2, -0.15) is 0 Å². The summed E-state index contributed by atoms with van der Waals surface area (Å²) in [4.78, 5) is 37.1. The Kier molecular flexibility index (Phi) is 42.3. The van der Waals surface area contributed by atoms with Crippen LogP contribution in [-0.2, 0) is 28.6 Å². The molecule has 0 amide bonds. The van der Waals surface area contributed by atoms with Crippen molar-refractivity contribution in [3.8, 4) is 0 Å². The average Bonchev–Trinajstić information content (AvgIpc) is 3.21. The third-order valence-electron chi connectivity index (χ3n) is 11.9. The number of rotatable bonds is 47. The molecule has 2 unspecified atom stereocenters. The predicted molar refractivity (Wildman–Crippen MR) is 252 cm³/mol. The second-order valence-electron chi connectivity index (χ2n) is 18.8. The number of carboxylic acid groups (broad SMARTS) is 1. The maximum Gasteiger partial charge on any atom is 0.362 e. The van der Waals surface area contributed by atoms with Gasteiger partial charge in [-0.15, -0.1) is 0 Å². The minimum Gasteiger partial charge on any atom is -0.477 e. The van der Waals surface area contributed by atoms with Crippen LogP contribution in [-0.4, -0.2) is 80.6 Å². The highest BCUT2D eigenvalue weighted by molar-refractivity contribution is 5.72. The van der Waals surface area contributed by atoms with E-state index >= 15 is 0 Å². The largest absolute Gasteiger partial charge is 0.477 e. The number of hydrogen-bond donors (Lipinski definition) is 1. The van der Waals surface area contributed by atoms with Crippen LogP contribution in [0.5, 0.6) is 0 Å². The fourth-order valence-electron chi connectivity index (χ4n) is 7.91. The van der Waals surface area contributed by atoms with Crippen molar-refractivity contribution in [2.45, 2.75) is 264 Å². The molecule has 60 heavy (non-hydrogen) atoms. The van der Waals surface area contributed by atoms with Crippen molar-refractivity contribution in [1.82, 2.24) is 0 Å². The Hall–Kier alpha value is -1.93. The summed E-state index contributed by atoms with van der Waals surface area (Å²) < 4.78 is 17.4. The number of carbonyl (C=O) groups is 3. The van der Waals surface area contributed by atoms with Crippen molar-refractivity contribution in [3.05, 3.63) is 12.2 Å².